The molecule has 0 unspecified atom stereocenters. The van der Waals surface area contributed by atoms with E-state index < -0.39 is 0 Å². The Bertz CT molecular complexity index is 424. The van der Waals surface area contributed by atoms with Crippen molar-refractivity contribution < 1.29 is 13.9 Å². The third-order valence-corrected chi connectivity index (χ3v) is 2.59. The van der Waals surface area contributed by atoms with E-state index in [0.717, 1.165) is 12.3 Å². The molecule has 0 saturated carbocycles. The standard InChI is InChI=1S/C14H24N4O3.HI/c1-3-15-14(18-11-12-5-4-9-21-12)17-7-6-13(19)16-8-10-20-2;/h4-5,9H,3,6-8,10-11H2,1-2H3,(H,16,19)(H2,15,17,18);1H. The van der Waals surface area contributed by atoms with Crippen molar-refractivity contribution in [2.45, 2.75) is 19.9 Å². The maximum atomic E-state index is 11.5. The lowest BCUT2D eigenvalue weighted by Gasteiger charge is -2.11. The van der Waals surface area contributed by atoms with Crippen LogP contribution in [0.4, 0.5) is 0 Å². The molecule has 0 aliphatic heterocycles. The van der Waals surface area contributed by atoms with Crippen LogP contribution < -0.4 is 16.0 Å². The topological polar surface area (TPSA) is 87.9 Å². The number of guanidine groups is 1. The molecule has 0 aliphatic rings. The Hall–Kier alpha value is -1.29. The number of carbonyl (C=O) groups excluding carboxylic acids is 1. The molecule has 0 aromatic carbocycles. The van der Waals surface area contributed by atoms with Gasteiger partial charge in [-0.2, -0.15) is 0 Å². The van der Waals surface area contributed by atoms with Gasteiger partial charge in [-0.05, 0) is 19.1 Å². The van der Waals surface area contributed by atoms with E-state index in [2.05, 4.69) is 20.9 Å². The summed E-state index contributed by atoms with van der Waals surface area (Å²) in [5.74, 6) is 1.45. The summed E-state index contributed by atoms with van der Waals surface area (Å²) in [5, 5.41) is 8.99. The van der Waals surface area contributed by atoms with Gasteiger partial charge in [0.25, 0.3) is 0 Å². The van der Waals surface area contributed by atoms with Crippen LogP contribution in [0.2, 0.25) is 0 Å². The average molecular weight is 424 g/mol. The molecule has 22 heavy (non-hydrogen) atoms. The molecule has 1 aromatic rings. The highest BCUT2D eigenvalue weighted by Crippen LogP contribution is 2.00. The molecule has 3 N–H and O–H groups in total. The van der Waals surface area contributed by atoms with E-state index in [-0.39, 0.29) is 29.9 Å². The van der Waals surface area contributed by atoms with E-state index in [1.54, 1.807) is 13.4 Å². The third-order valence-electron chi connectivity index (χ3n) is 2.59. The number of nitrogens with one attached hydrogen (secondary N) is 3. The Labute approximate surface area is 148 Å². The Kier molecular flexibility index (Phi) is 12.6. The molecule has 0 radical (unpaired) electrons. The Morgan fingerprint density at radius 1 is 1.32 bits per heavy atom. The molecular weight excluding hydrogens is 399 g/mol. The first-order valence-electron chi connectivity index (χ1n) is 7.06. The molecule has 1 aromatic heterocycles. The molecular formula is C14H25IN4O3. The summed E-state index contributed by atoms with van der Waals surface area (Å²) in [6.07, 6.45) is 2.00. The number of amides is 1. The van der Waals surface area contributed by atoms with Crippen molar-refractivity contribution in [3.05, 3.63) is 24.2 Å². The largest absolute Gasteiger partial charge is 0.467 e. The molecule has 1 rings (SSSR count). The summed E-state index contributed by atoms with van der Waals surface area (Å²) in [6.45, 7) is 4.77. The highest BCUT2D eigenvalue weighted by atomic mass is 127. The van der Waals surface area contributed by atoms with E-state index in [9.17, 15) is 4.79 Å². The second-order valence-electron chi connectivity index (χ2n) is 4.29. The minimum Gasteiger partial charge on any atom is -0.467 e. The van der Waals surface area contributed by atoms with Crippen LogP contribution in [0.1, 0.15) is 19.1 Å². The summed E-state index contributed by atoms with van der Waals surface area (Å²) in [4.78, 5) is 15.9. The van der Waals surface area contributed by atoms with Crippen LogP contribution in [0.3, 0.4) is 0 Å². The molecule has 1 heterocycles. The van der Waals surface area contributed by atoms with Gasteiger partial charge in [0.05, 0.1) is 12.9 Å². The fourth-order valence-corrected chi connectivity index (χ4v) is 1.58. The van der Waals surface area contributed by atoms with Crippen LogP contribution in [0.15, 0.2) is 27.8 Å². The number of aliphatic imine (C=N–C) groups is 1. The van der Waals surface area contributed by atoms with E-state index in [4.69, 9.17) is 9.15 Å². The maximum absolute atomic E-state index is 11.5. The number of halogens is 1. The Balaban J connectivity index is 0.00000441. The number of ether oxygens (including phenoxy) is 1. The average Bonchev–Trinajstić information content (AvgIpc) is 2.98. The Morgan fingerprint density at radius 2 is 2.14 bits per heavy atom. The number of hydrogen-bond donors (Lipinski definition) is 3. The van der Waals surface area contributed by atoms with Gasteiger partial charge in [0.15, 0.2) is 5.96 Å². The van der Waals surface area contributed by atoms with Crippen LogP contribution >= 0.6 is 24.0 Å². The van der Waals surface area contributed by atoms with Crippen LogP contribution in [-0.4, -0.2) is 45.2 Å². The number of nitrogens with zero attached hydrogens (tertiary/aromatic N) is 1. The summed E-state index contributed by atoms with van der Waals surface area (Å²) >= 11 is 0. The van der Waals surface area contributed by atoms with Crippen LogP contribution in [0, 0.1) is 0 Å². The summed E-state index contributed by atoms with van der Waals surface area (Å²) in [7, 11) is 1.60. The summed E-state index contributed by atoms with van der Waals surface area (Å²) in [5.41, 5.74) is 0. The van der Waals surface area contributed by atoms with Crippen molar-refractivity contribution >= 4 is 35.8 Å². The monoisotopic (exact) mass is 424 g/mol. The van der Waals surface area contributed by atoms with Crippen LogP contribution in [0.5, 0.6) is 0 Å². The van der Waals surface area contributed by atoms with Crippen molar-refractivity contribution in [3.8, 4) is 0 Å². The SMILES string of the molecule is CCNC(=NCc1ccco1)NCCC(=O)NCCOC.I. The van der Waals surface area contributed by atoms with Gasteiger partial charge in [-0.25, -0.2) is 4.99 Å². The first kappa shape index (κ1) is 20.7. The van der Waals surface area contributed by atoms with E-state index >= 15 is 0 Å². The molecule has 0 aliphatic carbocycles. The van der Waals surface area contributed by atoms with Crippen LogP contribution in [-0.2, 0) is 16.1 Å². The second kappa shape index (κ2) is 13.4. The number of hydrogen-bond acceptors (Lipinski definition) is 4. The van der Waals surface area contributed by atoms with E-state index in [1.165, 1.54) is 0 Å². The van der Waals surface area contributed by atoms with Crippen molar-refractivity contribution in [2.24, 2.45) is 4.99 Å². The fraction of sp³-hybridized carbons (Fsp3) is 0.571. The van der Waals surface area contributed by atoms with Gasteiger partial charge in [-0.15, -0.1) is 24.0 Å². The molecule has 126 valence electrons. The number of furan rings is 1. The zero-order valence-electron chi connectivity index (χ0n) is 13.1. The fourth-order valence-electron chi connectivity index (χ4n) is 1.58. The third kappa shape index (κ3) is 9.61. The summed E-state index contributed by atoms with van der Waals surface area (Å²) < 4.78 is 10.1. The quantitative estimate of drug-likeness (QED) is 0.239. The van der Waals surface area contributed by atoms with Crippen LogP contribution in [0.25, 0.3) is 0 Å². The minimum atomic E-state index is -0.0126. The minimum absolute atomic E-state index is 0. The molecule has 0 saturated heterocycles. The molecule has 0 fully saturated rings. The zero-order valence-corrected chi connectivity index (χ0v) is 15.4. The van der Waals surface area contributed by atoms with Gasteiger partial charge in [-0.3, -0.25) is 4.79 Å². The smallest absolute Gasteiger partial charge is 0.221 e. The Morgan fingerprint density at radius 3 is 2.77 bits per heavy atom. The van der Waals surface area contributed by atoms with Gasteiger partial charge >= 0.3 is 0 Å². The first-order chi connectivity index (χ1) is 10.3. The molecule has 0 atom stereocenters. The number of carbonyl (C=O) groups is 1. The predicted molar refractivity (Wildman–Crippen MR) is 96.4 cm³/mol. The molecule has 0 bridgehead atoms. The first-order valence-corrected chi connectivity index (χ1v) is 7.06. The van der Waals surface area contributed by atoms with E-state index in [1.807, 2.05) is 19.1 Å². The molecule has 0 spiro atoms. The van der Waals surface area contributed by atoms with Crippen molar-refractivity contribution in [1.82, 2.24) is 16.0 Å². The maximum Gasteiger partial charge on any atom is 0.221 e. The van der Waals surface area contributed by atoms with Gasteiger partial charge in [0.2, 0.25) is 5.91 Å². The second-order valence-corrected chi connectivity index (χ2v) is 4.29. The predicted octanol–water partition coefficient (Wildman–Crippen LogP) is 1.11. The van der Waals surface area contributed by atoms with Gasteiger partial charge in [0, 0.05) is 33.2 Å². The number of methoxy groups -OCH3 is 1. The lowest BCUT2D eigenvalue weighted by atomic mass is 10.4. The van der Waals surface area contributed by atoms with Crippen molar-refractivity contribution in [3.63, 3.8) is 0 Å². The lowest BCUT2D eigenvalue weighted by molar-refractivity contribution is -0.121. The molecule has 7 nitrogen and oxygen atoms in total. The van der Waals surface area contributed by atoms with Gasteiger partial charge in [-0.1, -0.05) is 0 Å². The van der Waals surface area contributed by atoms with Gasteiger partial charge in [0.1, 0.15) is 12.3 Å². The lowest BCUT2D eigenvalue weighted by Crippen LogP contribution is -2.39. The van der Waals surface area contributed by atoms with Crippen molar-refractivity contribution in [1.29, 1.82) is 0 Å². The van der Waals surface area contributed by atoms with Gasteiger partial charge < -0.3 is 25.1 Å². The molecule has 1 amide bonds. The molecule has 8 heteroatoms. The normalized spacial score (nSPS) is 10.7. The summed E-state index contributed by atoms with van der Waals surface area (Å²) in [6, 6.07) is 3.70. The highest BCUT2D eigenvalue weighted by molar-refractivity contribution is 14.0. The van der Waals surface area contributed by atoms with Crippen molar-refractivity contribution in [2.75, 3.05) is 33.4 Å². The number of rotatable bonds is 9. The van der Waals surface area contributed by atoms with E-state index in [0.29, 0.717) is 38.6 Å². The zero-order chi connectivity index (χ0) is 15.3. The highest BCUT2D eigenvalue weighted by Gasteiger charge is 2.02.